The van der Waals surface area contributed by atoms with Gasteiger partial charge in [0.05, 0.1) is 24.4 Å². The fourth-order valence-corrected chi connectivity index (χ4v) is 6.28. The van der Waals surface area contributed by atoms with Crippen LogP contribution in [-0.2, 0) is 0 Å². The monoisotopic (exact) mass is 469 g/mol. The van der Waals surface area contributed by atoms with E-state index in [1.807, 2.05) is 6.07 Å². The summed E-state index contributed by atoms with van der Waals surface area (Å²) in [5, 5.41) is 0. The lowest BCUT2D eigenvalue weighted by molar-refractivity contribution is 0.0953. The lowest BCUT2D eigenvalue weighted by atomic mass is 9.97. The smallest absolute Gasteiger partial charge is 0.208 e. The molecular weight excluding hydrogens is 424 g/mol. The summed E-state index contributed by atoms with van der Waals surface area (Å²) in [6.07, 6.45) is 25.2. The molecule has 0 spiro atoms. The van der Waals surface area contributed by atoms with Crippen molar-refractivity contribution in [3.05, 3.63) is 12.1 Å². The van der Waals surface area contributed by atoms with Crippen molar-refractivity contribution in [2.45, 2.75) is 153 Å². The predicted molar refractivity (Wildman–Crippen MR) is 135 cm³/mol. The van der Waals surface area contributed by atoms with Crippen LogP contribution in [0.3, 0.4) is 0 Å². The van der Waals surface area contributed by atoms with Crippen molar-refractivity contribution in [1.82, 2.24) is 0 Å². The zero-order valence-electron chi connectivity index (χ0n) is 21.2. The highest BCUT2D eigenvalue weighted by Crippen LogP contribution is 2.48. The zero-order chi connectivity index (χ0) is 23.0. The van der Waals surface area contributed by atoms with Gasteiger partial charge >= 0.3 is 0 Å². The van der Waals surface area contributed by atoms with Gasteiger partial charge in [-0.25, -0.2) is 0 Å². The maximum absolute atomic E-state index is 6.78. The topological polar surface area (TPSA) is 36.9 Å². The summed E-state index contributed by atoms with van der Waals surface area (Å²) in [6.45, 7) is 0. The molecule has 5 rings (SSSR count). The largest absolute Gasteiger partial charge is 0.486 e. The molecule has 0 heterocycles. The highest BCUT2D eigenvalue weighted by molar-refractivity contribution is 5.59. The Kier molecular flexibility index (Phi) is 8.80. The Bertz CT molecular complexity index is 675. The van der Waals surface area contributed by atoms with Crippen molar-refractivity contribution >= 4 is 0 Å². The van der Waals surface area contributed by atoms with E-state index in [1.165, 1.54) is 77.0 Å². The van der Waals surface area contributed by atoms with E-state index in [0.717, 1.165) is 74.4 Å². The molecule has 0 aliphatic heterocycles. The maximum Gasteiger partial charge on any atom is 0.208 e. The highest BCUT2D eigenvalue weighted by atomic mass is 16.6. The summed E-state index contributed by atoms with van der Waals surface area (Å²) < 4.78 is 26.7. The minimum atomic E-state index is 0.231. The molecule has 4 aliphatic rings. The van der Waals surface area contributed by atoms with Crippen LogP contribution in [0.2, 0.25) is 0 Å². The Balaban J connectivity index is 1.45. The van der Waals surface area contributed by atoms with Crippen molar-refractivity contribution in [3.8, 4) is 23.0 Å². The van der Waals surface area contributed by atoms with E-state index in [-0.39, 0.29) is 24.4 Å². The standard InChI is InChI=1S/C30H45O4/c1-5-13-23(14-6-1)31-27-21-22-28(32-24-15-7-2-8-16-24)30(34-26-19-11-4-12-20-26)29(27)33-25-17-9-3-10-18-25/h21,23-26H,1-20H2. The Labute approximate surface area is 207 Å². The van der Waals surface area contributed by atoms with Gasteiger partial charge < -0.3 is 18.9 Å². The molecule has 4 aliphatic carbocycles. The first-order chi connectivity index (χ1) is 16.8. The second-order valence-electron chi connectivity index (χ2n) is 11.2. The van der Waals surface area contributed by atoms with E-state index in [9.17, 15) is 0 Å². The van der Waals surface area contributed by atoms with Crippen LogP contribution in [0.1, 0.15) is 128 Å². The minimum absolute atomic E-state index is 0.231. The van der Waals surface area contributed by atoms with Gasteiger partial charge in [0.25, 0.3) is 0 Å². The van der Waals surface area contributed by atoms with E-state index in [2.05, 4.69) is 6.07 Å². The molecule has 34 heavy (non-hydrogen) atoms. The van der Waals surface area contributed by atoms with E-state index in [0.29, 0.717) is 0 Å². The second kappa shape index (κ2) is 12.4. The van der Waals surface area contributed by atoms with Crippen LogP contribution in [0.15, 0.2) is 6.07 Å². The molecule has 4 heteroatoms. The molecule has 0 bridgehead atoms. The molecule has 1 radical (unpaired) electrons. The molecule has 0 aromatic heterocycles. The van der Waals surface area contributed by atoms with Crippen molar-refractivity contribution in [1.29, 1.82) is 0 Å². The second-order valence-corrected chi connectivity index (χ2v) is 11.2. The molecule has 189 valence electrons. The average molecular weight is 470 g/mol. The SMILES string of the molecule is [c]1cc(OC2CCCCC2)c(OC2CCCCC2)c(OC2CCCCC2)c1OC1CCCCC1. The molecule has 0 unspecified atom stereocenters. The lowest BCUT2D eigenvalue weighted by Gasteiger charge is -2.31. The van der Waals surface area contributed by atoms with Crippen LogP contribution < -0.4 is 18.9 Å². The van der Waals surface area contributed by atoms with E-state index in [4.69, 9.17) is 18.9 Å². The molecule has 4 fully saturated rings. The fraction of sp³-hybridized carbons (Fsp3) is 0.800. The third kappa shape index (κ3) is 6.55. The van der Waals surface area contributed by atoms with E-state index in [1.54, 1.807) is 0 Å². The Hall–Kier alpha value is -1.58. The van der Waals surface area contributed by atoms with Gasteiger partial charge in [-0.3, -0.25) is 0 Å². The third-order valence-corrected chi connectivity index (χ3v) is 8.33. The zero-order valence-corrected chi connectivity index (χ0v) is 21.2. The van der Waals surface area contributed by atoms with Gasteiger partial charge in [0.2, 0.25) is 11.5 Å². The van der Waals surface area contributed by atoms with Crippen molar-refractivity contribution < 1.29 is 18.9 Å². The molecule has 1 aromatic carbocycles. The number of hydrogen-bond acceptors (Lipinski definition) is 4. The summed E-state index contributed by atoms with van der Waals surface area (Å²) in [6, 6.07) is 5.44. The summed E-state index contributed by atoms with van der Waals surface area (Å²) >= 11 is 0. The molecule has 0 saturated heterocycles. The summed E-state index contributed by atoms with van der Waals surface area (Å²) in [4.78, 5) is 0. The first-order valence-corrected chi connectivity index (χ1v) is 14.6. The molecule has 4 nitrogen and oxygen atoms in total. The molecule has 0 amide bonds. The van der Waals surface area contributed by atoms with Gasteiger partial charge in [-0.15, -0.1) is 0 Å². The molecular formula is C30H45O4. The van der Waals surface area contributed by atoms with Gasteiger partial charge in [-0.1, -0.05) is 25.7 Å². The molecule has 0 N–H and O–H groups in total. The first-order valence-electron chi connectivity index (χ1n) is 14.6. The van der Waals surface area contributed by atoms with Crippen molar-refractivity contribution in [3.63, 3.8) is 0 Å². The highest BCUT2D eigenvalue weighted by Gasteiger charge is 2.29. The number of hydrogen-bond donors (Lipinski definition) is 0. The minimum Gasteiger partial charge on any atom is -0.486 e. The summed E-state index contributed by atoms with van der Waals surface area (Å²) in [5.74, 6) is 3.14. The molecule has 0 atom stereocenters. The maximum atomic E-state index is 6.78. The normalized spacial score (nSPS) is 24.0. The predicted octanol–water partition coefficient (Wildman–Crippen LogP) is 8.33. The lowest BCUT2D eigenvalue weighted by Crippen LogP contribution is -2.26. The van der Waals surface area contributed by atoms with Gasteiger partial charge in [0, 0.05) is 6.07 Å². The average Bonchev–Trinajstić information content (AvgIpc) is 2.90. The fourth-order valence-electron chi connectivity index (χ4n) is 6.28. The van der Waals surface area contributed by atoms with Crippen LogP contribution in [0, 0.1) is 6.07 Å². The number of ether oxygens (including phenoxy) is 4. The Morgan fingerprint density at radius 1 is 0.441 bits per heavy atom. The van der Waals surface area contributed by atoms with Crippen LogP contribution in [0.5, 0.6) is 23.0 Å². The molecule has 4 saturated carbocycles. The number of benzene rings is 1. The number of rotatable bonds is 8. The van der Waals surface area contributed by atoms with Crippen molar-refractivity contribution in [2.75, 3.05) is 0 Å². The van der Waals surface area contributed by atoms with Gasteiger partial charge in [-0.2, -0.15) is 0 Å². The van der Waals surface area contributed by atoms with Gasteiger partial charge in [0.1, 0.15) is 0 Å². The van der Waals surface area contributed by atoms with Crippen LogP contribution in [0.4, 0.5) is 0 Å². The van der Waals surface area contributed by atoms with Crippen molar-refractivity contribution in [2.24, 2.45) is 0 Å². The van der Waals surface area contributed by atoms with Gasteiger partial charge in [-0.05, 0) is 109 Å². The Morgan fingerprint density at radius 2 is 0.824 bits per heavy atom. The van der Waals surface area contributed by atoms with Gasteiger partial charge in [0.15, 0.2) is 11.5 Å². The first kappa shape index (κ1) is 24.1. The Morgan fingerprint density at radius 3 is 1.29 bits per heavy atom. The summed E-state index contributed by atoms with van der Waals surface area (Å²) in [7, 11) is 0. The van der Waals surface area contributed by atoms with Crippen LogP contribution in [0.25, 0.3) is 0 Å². The van der Waals surface area contributed by atoms with E-state index >= 15 is 0 Å². The third-order valence-electron chi connectivity index (χ3n) is 8.33. The van der Waals surface area contributed by atoms with E-state index < -0.39 is 0 Å². The summed E-state index contributed by atoms with van der Waals surface area (Å²) in [5.41, 5.74) is 0. The van der Waals surface area contributed by atoms with Crippen LogP contribution in [-0.4, -0.2) is 24.4 Å². The van der Waals surface area contributed by atoms with Crippen LogP contribution >= 0.6 is 0 Å². The quantitative estimate of drug-likeness (QED) is 0.383. The molecule has 1 aromatic rings.